The van der Waals surface area contributed by atoms with Crippen molar-refractivity contribution in [1.29, 1.82) is 10.5 Å². The summed E-state index contributed by atoms with van der Waals surface area (Å²) in [5.74, 6) is -5.57. The van der Waals surface area contributed by atoms with E-state index in [1.807, 2.05) is 12.1 Å². The summed E-state index contributed by atoms with van der Waals surface area (Å²) < 4.78 is 61.5. The van der Waals surface area contributed by atoms with Crippen LogP contribution in [0.4, 0.5) is 39.0 Å². The number of anilines is 2. The Morgan fingerprint density at radius 3 is 1.62 bits per heavy atom. The average Bonchev–Trinajstić information content (AvgIpc) is 4.14. The van der Waals surface area contributed by atoms with Gasteiger partial charge in [0.1, 0.15) is 30.2 Å². The van der Waals surface area contributed by atoms with Crippen LogP contribution >= 0.6 is 58.0 Å². The zero-order valence-corrected chi connectivity index (χ0v) is 42.1. The molecule has 0 radical (unpaired) electrons. The van der Waals surface area contributed by atoms with E-state index in [0.29, 0.717) is 81.6 Å². The molecule has 0 saturated carbocycles. The lowest BCUT2D eigenvalue weighted by atomic mass is 10.0. The number of halogens is 9. The van der Waals surface area contributed by atoms with E-state index in [2.05, 4.69) is 40.8 Å². The molecule has 29 heteroatoms. The fourth-order valence-electron chi connectivity index (χ4n) is 7.04. The van der Waals surface area contributed by atoms with Gasteiger partial charge in [0.25, 0.3) is 11.8 Å². The number of alkyl halides is 5. The summed E-state index contributed by atoms with van der Waals surface area (Å²) in [7, 11) is 0. The number of aryl methyl sites for hydroxylation is 1. The van der Waals surface area contributed by atoms with Gasteiger partial charge >= 0.3 is 12.1 Å². The highest BCUT2D eigenvalue weighted by atomic mass is 35.5. The molecule has 0 aliphatic carbocycles. The number of aromatic hydroxyl groups is 1. The predicted octanol–water partition coefficient (Wildman–Crippen LogP) is 8.27. The highest BCUT2D eigenvalue weighted by molar-refractivity contribution is 6.37. The van der Waals surface area contributed by atoms with Gasteiger partial charge in [0, 0.05) is 53.3 Å². The molecule has 0 fully saturated rings. The molecule has 8 rings (SSSR count). The Morgan fingerprint density at radius 2 is 1.18 bits per heavy atom. The Morgan fingerprint density at radius 1 is 0.726 bits per heavy atom. The first kappa shape index (κ1) is 55.2. The Balaban J connectivity index is 0.000000205. The number of nitrogens with two attached hydrogens (primary N) is 2. The Labute approximate surface area is 438 Å². The Hall–Kier alpha value is -7.09. The number of hydrogen-bond acceptors (Lipinski definition) is 14. The molecule has 2 aliphatic heterocycles. The first-order valence-electron chi connectivity index (χ1n) is 21.3. The normalized spacial score (nSPS) is 12.6. The molecule has 6 aromatic rings. The lowest BCUT2D eigenvalue weighted by molar-refractivity contribution is 0.0233. The van der Waals surface area contributed by atoms with Gasteiger partial charge in [0.15, 0.2) is 0 Å². The maximum absolute atomic E-state index is 13.2. The minimum Gasteiger partial charge on any atom is -0.507 e. The quantitative estimate of drug-likeness (QED) is 0.0570. The van der Waals surface area contributed by atoms with Gasteiger partial charge in [-0.05, 0) is 24.3 Å². The predicted molar refractivity (Wildman–Crippen MR) is 262 cm³/mol. The van der Waals surface area contributed by atoms with E-state index in [1.54, 1.807) is 27.8 Å². The first-order valence-corrected chi connectivity index (χ1v) is 23.3. The van der Waals surface area contributed by atoms with Gasteiger partial charge < -0.3 is 41.7 Å². The number of nitrogens with zero attached hydrogens (tertiary/aromatic N) is 12. The first-order chi connectivity index (χ1) is 34.4. The van der Waals surface area contributed by atoms with Gasteiger partial charge in [-0.25, -0.2) is 47.1 Å². The summed E-state index contributed by atoms with van der Waals surface area (Å²) in [6.07, 6.45) is 6.22. The molecule has 0 saturated heterocycles. The van der Waals surface area contributed by atoms with Crippen molar-refractivity contribution < 1.29 is 37.0 Å². The highest BCUT2D eigenvalue weighted by Gasteiger charge is 2.34. The number of ether oxygens (including phenoxy) is 1. The number of nitrogen functional groups attached to an aromatic ring is 2. The number of fused-ring (bicyclic) bond motifs is 2. The number of phenolic OH excluding ortho intramolecular Hbond substituents is 1. The molecule has 6 heterocycles. The fourth-order valence-corrected chi connectivity index (χ4v) is 8.35. The molecule has 4 aromatic heterocycles. The lowest BCUT2D eigenvalue weighted by Gasteiger charge is -2.18. The minimum atomic E-state index is -3.05. The van der Waals surface area contributed by atoms with Gasteiger partial charge in [-0.15, -0.1) is 11.6 Å². The number of nitriles is 2. The smallest absolute Gasteiger partial charge is 0.318 e. The van der Waals surface area contributed by atoms with Gasteiger partial charge in [-0.3, -0.25) is 9.36 Å². The molecule has 0 unspecified atom stereocenters. The summed E-state index contributed by atoms with van der Waals surface area (Å²) in [5.41, 5.74) is 15.9. The van der Waals surface area contributed by atoms with Crippen LogP contribution in [-0.4, -0.2) is 104 Å². The van der Waals surface area contributed by atoms with Crippen LogP contribution in [0.15, 0.2) is 49.1 Å². The van der Waals surface area contributed by atoms with Crippen LogP contribution in [0.5, 0.6) is 11.5 Å². The molecule has 384 valence electrons. The van der Waals surface area contributed by atoms with Gasteiger partial charge in [0.2, 0.25) is 11.9 Å². The molecule has 0 bridgehead atoms. The van der Waals surface area contributed by atoms with Crippen LogP contribution in [0, 0.1) is 22.7 Å². The van der Waals surface area contributed by atoms with Crippen molar-refractivity contribution in [2.75, 3.05) is 37.0 Å². The monoisotopic (exact) mass is 1110 g/mol. The maximum Gasteiger partial charge on any atom is 0.318 e. The standard InChI is InChI=1S/C22H20Cl2F2N8O2.C16H15Cl2F2N5O2.C6H6ClN3/c1-22(25,26)11-29-21(35)33-9-14-16(10-33)31-20(28)32-19(14)18-15(24)4-13(23)5-17(18)36-3-2-34-8-12(6-27)7-30-34;1-16(19,20)6-22-15(27)25-4-8-10(5-25)23-14(21)24-13(8)12-9(18)2-7(17)3-11(12)26;7-1-2-10-5-6(3-8)4-9-10/h4-5,7-8H,2-3,9-11H2,1H3,(H,29,35)(H2,28,31,32);2-3,26H,4-6H2,1H3,(H,22,27)(H2,21,23,24);4-5H,1-2H2. The van der Waals surface area contributed by atoms with E-state index in [9.17, 15) is 32.3 Å². The van der Waals surface area contributed by atoms with Crippen LogP contribution in [0.1, 0.15) is 47.5 Å². The van der Waals surface area contributed by atoms with Crippen LogP contribution in [-0.2, 0) is 39.3 Å². The molecule has 4 amide bonds. The molecular weight excluding hydrogens is 1070 g/mol. The number of urea groups is 2. The zero-order chi connectivity index (χ0) is 53.4. The van der Waals surface area contributed by atoms with E-state index in [-0.39, 0.29) is 76.8 Å². The summed E-state index contributed by atoms with van der Waals surface area (Å²) >= 11 is 30.3. The maximum atomic E-state index is 13.2. The van der Waals surface area contributed by atoms with Crippen molar-refractivity contribution in [1.82, 2.24) is 59.9 Å². The molecule has 7 N–H and O–H groups in total. The number of amides is 4. The summed E-state index contributed by atoms with van der Waals surface area (Å²) in [6.45, 7) is 1.21. The summed E-state index contributed by atoms with van der Waals surface area (Å²) in [6, 6.07) is 8.46. The van der Waals surface area contributed by atoms with Crippen molar-refractivity contribution in [3.63, 3.8) is 0 Å². The van der Waals surface area contributed by atoms with Crippen molar-refractivity contribution in [2.24, 2.45) is 0 Å². The molecule has 0 spiro atoms. The molecule has 2 aromatic carbocycles. The SMILES string of the molecule is CC(F)(F)CNC(=O)N1Cc2nc(N)nc(-c3c(Cl)cc(Cl)cc3OCCn3cc(C#N)cn3)c2C1.CC(F)(F)CNC(=O)N1Cc2nc(N)nc(-c3c(O)cc(Cl)cc3Cl)c2C1.N#Cc1cnn(CCCl)c1. The van der Waals surface area contributed by atoms with Crippen molar-refractivity contribution in [3.8, 4) is 46.2 Å². The van der Waals surface area contributed by atoms with E-state index in [1.165, 1.54) is 40.4 Å². The van der Waals surface area contributed by atoms with Gasteiger partial charge in [0.05, 0.1) is 120 Å². The number of phenols is 1. The van der Waals surface area contributed by atoms with E-state index in [4.69, 9.17) is 84.7 Å². The van der Waals surface area contributed by atoms with Gasteiger partial charge in [-0.1, -0.05) is 46.4 Å². The van der Waals surface area contributed by atoms with Crippen LogP contribution < -0.4 is 26.8 Å². The lowest BCUT2D eigenvalue weighted by Crippen LogP contribution is -2.41. The highest BCUT2D eigenvalue weighted by Crippen LogP contribution is 2.43. The molecular formula is C44H41Cl5F4N16O4. The molecule has 20 nitrogen and oxygen atoms in total. The molecule has 0 atom stereocenters. The van der Waals surface area contributed by atoms with Crippen LogP contribution in [0.25, 0.3) is 22.5 Å². The van der Waals surface area contributed by atoms with Crippen molar-refractivity contribution in [3.05, 3.63) is 103 Å². The molecule has 73 heavy (non-hydrogen) atoms. The topological polar surface area (TPSA) is 281 Å². The van der Waals surface area contributed by atoms with Crippen LogP contribution in [0.3, 0.4) is 0 Å². The van der Waals surface area contributed by atoms with E-state index >= 15 is 0 Å². The number of nitrogens with one attached hydrogen (secondary N) is 2. The second-order valence-electron chi connectivity index (χ2n) is 16.2. The third kappa shape index (κ3) is 14.8. The second kappa shape index (κ2) is 23.6. The number of benzene rings is 2. The Kier molecular flexibility index (Phi) is 17.9. The largest absolute Gasteiger partial charge is 0.507 e. The summed E-state index contributed by atoms with van der Waals surface area (Å²) in [5, 5.41) is 40.9. The fraction of sp³-hybridized carbons (Fsp3) is 0.318. The number of rotatable bonds is 12. The van der Waals surface area contributed by atoms with Gasteiger partial charge in [-0.2, -0.15) is 20.7 Å². The third-order valence-corrected chi connectivity index (χ3v) is 11.4. The van der Waals surface area contributed by atoms with Crippen LogP contribution in [0.2, 0.25) is 20.1 Å². The second-order valence-corrected chi connectivity index (χ2v) is 18.2. The van der Waals surface area contributed by atoms with Crippen molar-refractivity contribution >= 4 is 82.0 Å². The zero-order valence-electron chi connectivity index (χ0n) is 38.3. The Bertz CT molecular complexity index is 3080. The number of hydrogen-bond donors (Lipinski definition) is 5. The third-order valence-electron chi connectivity index (χ3n) is 10.2. The van der Waals surface area contributed by atoms with Crippen molar-refractivity contribution in [2.45, 2.75) is 65.0 Å². The number of carbonyl (C=O) groups is 2. The molecule has 2 aliphatic rings. The average molecular weight is 1110 g/mol. The van der Waals surface area contributed by atoms with E-state index in [0.717, 1.165) is 6.92 Å². The van der Waals surface area contributed by atoms with E-state index < -0.39 is 37.0 Å². The minimum absolute atomic E-state index is 0.0461. The number of aromatic nitrogens is 8. The summed E-state index contributed by atoms with van der Waals surface area (Å²) in [4.78, 5) is 44.1. The number of carbonyl (C=O) groups excluding carboxylic acids is 2.